The number of hydrogen-bond donors (Lipinski definition) is 1. The van der Waals surface area contributed by atoms with Gasteiger partial charge in [-0.15, -0.1) is 0 Å². The summed E-state index contributed by atoms with van der Waals surface area (Å²) in [4.78, 5) is 18.8. The van der Waals surface area contributed by atoms with Gasteiger partial charge in [0.05, 0.1) is 11.1 Å². The van der Waals surface area contributed by atoms with E-state index in [0.717, 1.165) is 33.7 Å². The molecule has 3 nitrogen and oxygen atoms in total. The van der Waals surface area contributed by atoms with E-state index in [1.165, 1.54) is 56.0 Å². The number of halogens is 1. The molecule has 1 aliphatic carbocycles. The number of carbonyl (C=O) groups excluding carboxylic acids is 1. The van der Waals surface area contributed by atoms with Gasteiger partial charge in [0.1, 0.15) is 10.8 Å². The summed E-state index contributed by atoms with van der Waals surface area (Å²) in [5, 5.41) is 4.86. The number of fused-ring (bicyclic) bond motifs is 1. The van der Waals surface area contributed by atoms with Crippen LogP contribution in [-0.2, 0) is 0 Å². The molecule has 29 heavy (non-hydrogen) atoms. The fourth-order valence-corrected chi connectivity index (χ4v) is 4.71. The first-order valence-electron chi connectivity index (χ1n) is 10.3. The van der Waals surface area contributed by atoms with Crippen molar-refractivity contribution in [2.75, 3.05) is 0 Å². The number of benzene rings is 2. The lowest BCUT2D eigenvalue weighted by atomic mass is 9.96. The highest BCUT2D eigenvalue weighted by atomic mass is 32.2. The number of amides is 1. The molecule has 1 heterocycles. The Hall–Kier alpha value is -2.40. The Bertz CT molecular complexity index is 982. The number of rotatable bonds is 4. The second-order valence-corrected chi connectivity index (χ2v) is 8.69. The largest absolute Gasteiger partial charge is 0.349 e. The molecule has 3 aromatic rings. The normalized spacial score (nSPS) is 15.6. The quantitative estimate of drug-likeness (QED) is 0.545. The Morgan fingerprint density at radius 2 is 1.66 bits per heavy atom. The van der Waals surface area contributed by atoms with Gasteiger partial charge < -0.3 is 5.32 Å². The number of pyridine rings is 1. The minimum Gasteiger partial charge on any atom is -0.349 e. The summed E-state index contributed by atoms with van der Waals surface area (Å²) in [6.07, 6.45) is 8.25. The molecule has 1 fully saturated rings. The van der Waals surface area contributed by atoms with Crippen molar-refractivity contribution in [2.24, 2.45) is 0 Å². The number of hydrogen-bond acceptors (Lipinski definition) is 3. The van der Waals surface area contributed by atoms with Crippen LogP contribution in [0.3, 0.4) is 0 Å². The molecular weight excluding hydrogens is 383 g/mol. The van der Waals surface area contributed by atoms with E-state index in [1.807, 2.05) is 30.3 Å². The van der Waals surface area contributed by atoms with Gasteiger partial charge in [-0.25, -0.2) is 9.37 Å². The third kappa shape index (κ3) is 5.15. The summed E-state index contributed by atoms with van der Waals surface area (Å²) in [7, 11) is 0. The SMILES string of the molecule is O=C(NC1CCCCCCC1)c1cc(Sc2ccc(F)cc2)nc2ccccc12. The van der Waals surface area contributed by atoms with Crippen LogP contribution in [0.4, 0.5) is 4.39 Å². The molecule has 4 rings (SSSR count). The maximum absolute atomic E-state index is 13.2. The number of carbonyl (C=O) groups is 1. The Kier molecular flexibility index (Phi) is 6.45. The van der Waals surface area contributed by atoms with Crippen molar-refractivity contribution in [3.05, 3.63) is 66.0 Å². The predicted octanol–water partition coefficient (Wildman–Crippen LogP) is 6.37. The predicted molar refractivity (Wildman–Crippen MR) is 116 cm³/mol. The van der Waals surface area contributed by atoms with Gasteiger partial charge in [-0.3, -0.25) is 4.79 Å². The average Bonchev–Trinajstić information content (AvgIpc) is 2.71. The molecule has 1 aromatic heterocycles. The highest BCUT2D eigenvalue weighted by Crippen LogP contribution is 2.30. The van der Waals surface area contributed by atoms with E-state index in [-0.39, 0.29) is 17.8 Å². The lowest BCUT2D eigenvalue weighted by Crippen LogP contribution is -2.35. The topological polar surface area (TPSA) is 42.0 Å². The van der Waals surface area contributed by atoms with Gasteiger partial charge in [0, 0.05) is 16.3 Å². The molecule has 0 radical (unpaired) electrons. The molecule has 0 bridgehead atoms. The van der Waals surface area contributed by atoms with Crippen molar-refractivity contribution in [1.29, 1.82) is 0 Å². The maximum atomic E-state index is 13.2. The van der Waals surface area contributed by atoms with E-state index < -0.39 is 0 Å². The minimum absolute atomic E-state index is 0.0323. The van der Waals surface area contributed by atoms with Crippen molar-refractivity contribution in [3.8, 4) is 0 Å². The summed E-state index contributed by atoms with van der Waals surface area (Å²) in [6.45, 7) is 0. The van der Waals surface area contributed by atoms with Crippen molar-refractivity contribution in [2.45, 2.75) is 60.9 Å². The molecule has 2 aromatic carbocycles. The van der Waals surface area contributed by atoms with Crippen molar-refractivity contribution in [3.63, 3.8) is 0 Å². The van der Waals surface area contributed by atoms with Gasteiger partial charge in [-0.2, -0.15) is 0 Å². The Balaban J connectivity index is 1.61. The zero-order chi connectivity index (χ0) is 20.1. The molecule has 1 N–H and O–H groups in total. The van der Waals surface area contributed by atoms with E-state index >= 15 is 0 Å². The van der Waals surface area contributed by atoms with E-state index in [2.05, 4.69) is 5.32 Å². The molecule has 1 saturated carbocycles. The molecule has 150 valence electrons. The zero-order valence-corrected chi connectivity index (χ0v) is 17.2. The Morgan fingerprint density at radius 1 is 0.966 bits per heavy atom. The first-order chi connectivity index (χ1) is 14.2. The second kappa shape index (κ2) is 9.40. The van der Waals surface area contributed by atoms with Crippen LogP contribution in [0.1, 0.15) is 55.3 Å². The van der Waals surface area contributed by atoms with Gasteiger partial charge in [0.2, 0.25) is 0 Å². The first-order valence-corrected chi connectivity index (χ1v) is 11.1. The van der Waals surface area contributed by atoms with Crippen LogP contribution in [0.5, 0.6) is 0 Å². The minimum atomic E-state index is -0.264. The van der Waals surface area contributed by atoms with Crippen LogP contribution < -0.4 is 5.32 Å². The average molecular weight is 409 g/mol. The summed E-state index contributed by atoms with van der Waals surface area (Å²) >= 11 is 1.44. The molecule has 0 aliphatic heterocycles. The van der Waals surface area contributed by atoms with Crippen LogP contribution in [0.15, 0.2) is 64.5 Å². The van der Waals surface area contributed by atoms with Crippen LogP contribution in [-0.4, -0.2) is 16.9 Å². The fraction of sp³-hybridized carbons (Fsp3) is 0.333. The van der Waals surface area contributed by atoms with Crippen LogP contribution in [0, 0.1) is 5.82 Å². The summed E-state index contributed by atoms with van der Waals surface area (Å²) in [5.74, 6) is -0.296. The van der Waals surface area contributed by atoms with E-state index in [9.17, 15) is 9.18 Å². The maximum Gasteiger partial charge on any atom is 0.252 e. The molecule has 5 heteroatoms. The van der Waals surface area contributed by atoms with Gasteiger partial charge in [0.25, 0.3) is 5.91 Å². The molecule has 0 atom stereocenters. The smallest absolute Gasteiger partial charge is 0.252 e. The van der Waals surface area contributed by atoms with Gasteiger partial charge in [-0.1, -0.05) is 62.1 Å². The zero-order valence-electron chi connectivity index (χ0n) is 16.4. The molecule has 0 spiro atoms. The molecule has 0 unspecified atom stereocenters. The number of para-hydroxylation sites is 1. The number of nitrogens with one attached hydrogen (secondary N) is 1. The third-order valence-electron chi connectivity index (χ3n) is 5.41. The van der Waals surface area contributed by atoms with Crippen LogP contribution in [0.2, 0.25) is 0 Å². The third-order valence-corrected chi connectivity index (χ3v) is 6.34. The first kappa shape index (κ1) is 19.9. The summed E-state index contributed by atoms with van der Waals surface area (Å²) in [6, 6.07) is 16.2. The van der Waals surface area contributed by atoms with Crippen molar-refractivity contribution < 1.29 is 9.18 Å². The monoisotopic (exact) mass is 408 g/mol. The fourth-order valence-electron chi connectivity index (χ4n) is 3.88. The lowest BCUT2D eigenvalue weighted by Gasteiger charge is -2.21. The summed E-state index contributed by atoms with van der Waals surface area (Å²) in [5.41, 5.74) is 1.45. The second-order valence-electron chi connectivity index (χ2n) is 7.60. The number of aromatic nitrogens is 1. The van der Waals surface area contributed by atoms with Gasteiger partial charge in [-0.05, 0) is 49.2 Å². The standard InChI is InChI=1S/C24H25FN2OS/c25-17-12-14-19(15-13-17)29-23-16-21(20-10-6-7-11-22(20)27-23)24(28)26-18-8-4-2-1-3-5-9-18/h6-7,10-16,18H,1-5,8-9H2,(H,26,28). The van der Waals surface area contributed by atoms with Crippen molar-refractivity contribution in [1.82, 2.24) is 10.3 Å². The van der Waals surface area contributed by atoms with E-state index in [1.54, 1.807) is 12.1 Å². The molecular formula is C24H25FN2OS. The molecule has 0 saturated heterocycles. The molecule has 1 amide bonds. The highest BCUT2D eigenvalue weighted by Gasteiger charge is 2.18. The van der Waals surface area contributed by atoms with E-state index in [4.69, 9.17) is 4.98 Å². The Labute approximate surface area is 175 Å². The van der Waals surface area contributed by atoms with Crippen molar-refractivity contribution >= 4 is 28.6 Å². The number of nitrogens with zero attached hydrogens (tertiary/aromatic N) is 1. The lowest BCUT2D eigenvalue weighted by molar-refractivity contribution is 0.0932. The van der Waals surface area contributed by atoms with Crippen LogP contribution >= 0.6 is 11.8 Å². The van der Waals surface area contributed by atoms with Gasteiger partial charge in [0.15, 0.2) is 0 Å². The summed E-state index contributed by atoms with van der Waals surface area (Å²) < 4.78 is 13.2. The van der Waals surface area contributed by atoms with E-state index in [0.29, 0.717) is 5.56 Å². The van der Waals surface area contributed by atoms with Gasteiger partial charge >= 0.3 is 0 Å². The molecule has 1 aliphatic rings. The van der Waals surface area contributed by atoms with Crippen LogP contribution in [0.25, 0.3) is 10.9 Å². The highest BCUT2D eigenvalue weighted by molar-refractivity contribution is 7.99. The Morgan fingerprint density at radius 3 is 2.41 bits per heavy atom.